The zero-order chi connectivity index (χ0) is 26.8. The molecule has 5 rings (SSSR count). The summed E-state index contributed by atoms with van der Waals surface area (Å²) in [5.41, 5.74) is 3.48. The monoisotopic (exact) mass is 521 g/mol. The fraction of sp³-hybridized carbons (Fsp3) is 0.286. The number of nitrogens with one attached hydrogen (secondary N) is 1. The summed E-state index contributed by atoms with van der Waals surface area (Å²) in [4.78, 5) is 22.8. The molecule has 1 saturated heterocycles. The molecule has 0 bridgehead atoms. The Morgan fingerprint density at radius 3 is 2.45 bits per heavy atom. The first-order valence-corrected chi connectivity index (χ1v) is 12.2. The van der Waals surface area contributed by atoms with Crippen molar-refractivity contribution in [3.63, 3.8) is 0 Å². The number of hydrogen-bond donors (Lipinski definition) is 1. The molecule has 2 aromatic carbocycles. The molecular weight excluding hydrogens is 495 g/mol. The van der Waals surface area contributed by atoms with Crippen LogP contribution in [-0.4, -0.2) is 52.6 Å². The molecule has 1 aliphatic rings. The molecule has 38 heavy (non-hydrogen) atoms. The summed E-state index contributed by atoms with van der Waals surface area (Å²) in [6.07, 6.45) is -0.378. The molecule has 0 unspecified atom stereocenters. The minimum Gasteiger partial charge on any atom is -0.351 e. The quantitative estimate of drug-likeness (QED) is 0.375. The fourth-order valence-electron chi connectivity index (χ4n) is 4.77. The minimum atomic E-state index is -4.76. The maximum atomic E-state index is 13.2. The van der Waals surface area contributed by atoms with Gasteiger partial charge in [-0.25, -0.2) is 0 Å². The van der Waals surface area contributed by atoms with E-state index in [4.69, 9.17) is 0 Å². The van der Waals surface area contributed by atoms with Gasteiger partial charge in [0.05, 0.1) is 5.56 Å². The highest BCUT2D eigenvalue weighted by Crippen LogP contribution is 2.37. The molecule has 0 saturated carbocycles. The number of nitrogens with zero attached hydrogens (tertiary/aromatic N) is 4. The summed E-state index contributed by atoms with van der Waals surface area (Å²) in [5.74, 6) is -2.12. The summed E-state index contributed by atoms with van der Waals surface area (Å²) in [5, 5.41) is 6.43. The standard InChI is InChI=1S/C28H26F3N5O2/c1-36-12-10-27(11-13-36,23-9-5-8-20(15-23)19-6-3-2-4-7-19)18-33-25(37)22-14-21(16-32-17-22)24-34-26(38-35-24)28(29,30)31/h2-9,14-17H,10-13,18H2,1H3,(H,33,37). The van der Waals surface area contributed by atoms with Gasteiger partial charge in [0.2, 0.25) is 5.82 Å². The van der Waals surface area contributed by atoms with E-state index in [1.807, 2.05) is 24.3 Å². The van der Waals surface area contributed by atoms with Crippen LogP contribution in [0.1, 0.15) is 34.7 Å². The predicted octanol–water partition coefficient (Wildman–Crippen LogP) is 5.21. The maximum absolute atomic E-state index is 13.2. The van der Waals surface area contributed by atoms with Crippen molar-refractivity contribution in [3.8, 4) is 22.5 Å². The van der Waals surface area contributed by atoms with Gasteiger partial charge in [-0.15, -0.1) is 0 Å². The Labute approximate surface area is 217 Å². The van der Waals surface area contributed by atoms with E-state index in [0.29, 0.717) is 6.54 Å². The SMILES string of the molecule is CN1CCC(CNC(=O)c2cncc(-c3noc(C(F)(F)F)n3)c2)(c2cccc(-c3ccccc3)c2)CC1. The number of alkyl halides is 3. The van der Waals surface area contributed by atoms with Crippen LogP contribution in [0.25, 0.3) is 22.5 Å². The lowest BCUT2D eigenvalue weighted by Crippen LogP contribution is -2.48. The molecule has 1 N–H and O–H groups in total. The first-order chi connectivity index (χ1) is 18.2. The van der Waals surface area contributed by atoms with Crippen molar-refractivity contribution in [2.24, 2.45) is 0 Å². The molecule has 0 radical (unpaired) electrons. The van der Waals surface area contributed by atoms with Crippen molar-refractivity contribution >= 4 is 5.91 Å². The number of amides is 1. The predicted molar refractivity (Wildman–Crippen MR) is 135 cm³/mol. The molecule has 0 spiro atoms. The molecule has 1 fully saturated rings. The van der Waals surface area contributed by atoms with E-state index in [1.54, 1.807) is 0 Å². The van der Waals surface area contributed by atoms with Crippen LogP contribution in [0.5, 0.6) is 0 Å². The maximum Gasteiger partial charge on any atom is 0.471 e. The van der Waals surface area contributed by atoms with Crippen molar-refractivity contribution in [3.05, 3.63) is 90.1 Å². The lowest BCUT2D eigenvalue weighted by atomic mass is 9.72. The number of pyridine rings is 1. The van der Waals surface area contributed by atoms with Gasteiger partial charge in [0.15, 0.2) is 0 Å². The first-order valence-electron chi connectivity index (χ1n) is 12.2. The van der Waals surface area contributed by atoms with Crippen LogP contribution in [0.3, 0.4) is 0 Å². The van der Waals surface area contributed by atoms with E-state index in [1.165, 1.54) is 18.5 Å². The van der Waals surface area contributed by atoms with Crippen LogP contribution in [0.2, 0.25) is 0 Å². The number of piperidine rings is 1. The van der Waals surface area contributed by atoms with E-state index in [2.05, 4.69) is 67.2 Å². The molecule has 2 aromatic heterocycles. The summed E-state index contributed by atoms with van der Waals surface area (Å²) >= 11 is 0. The third-order valence-electron chi connectivity index (χ3n) is 7.04. The second-order valence-corrected chi connectivity index (χ2v) is 9.60. The molecule has 1 amide bonds. The lowest BCUT2D eigenvalue weighted by molar-refractivity contribution is -0.159. The number of hydrogen-bond acceptors (Lipinski definition) is 6. The molecule has 0 atom stereocenters. The van der Waals surface area contributed by atoms with Gasteiger partial charge in [0, 0.05) is 29.9 Å². The lowest BCUT2D eigenvalue weighted by Gasteiger charge is -2.41. The van der Waals surface area contributed by atoms with E-state index in [-0.39, 0.29) is 28.3 Å². The van der Waals surface area contributed by atoms with E-state index in [0.717, 1.165) is 42.6 Å². The van der Waals surface area contributed by atoms with Gasteiger partial charge in [0.25, 0.3) is 5.91 Å². The molecular formula is C28H26F3N5O2. The Morgan fingerprint density at radius 1 is 1.00 bits per heavy atom. The third kappa shape index (κ3) is 5.45. The number of carbonyl (C=O) groups excluding carboxylic acids is 1. The van der Waals surface area contributed by atoms with Crippen molar-refractivity contribution < 1.29 is 22.5 Å². The topological polar surface area (TPSA) is 84.2 Å². The highest BCUT2D eigenvalue weighted by molar-refractivity contribution is 5.94. The van der Waals surface area contributed by atoms with Crippen molar-refractivity contribution in [1.29, 1.82) is 0 Å². The van der Waals surface area contributed by atoms with Gasteiger partial charge in [0.1, 0.15) is 0 Å². The highest BCUT2D eigenvalue weighted by Gasteiger charge is 2.39. The molecule has 1 aliphatic heterocycles. The van der Waals surface area contributed by atoms with Crippen LogP contribution >= 0.6 is 0 Å². The van der Waals surface area contributed by atoms with Gasteiger partial charge in [-0.05, 0) is 55.7 Å². The Morgan fingerprint density at radius 2 is 1.74 bits per heavy atom. The fourth-order valence-corrected chi connectivity index (χ4v) is 4.77. The second-order valence-electron chi connectivity index (χ2n) is 9.60. The van der Waals surface area contributed by atoms with Gasteiger partial charge in [-0.1, -0.05) is 59.8 Å². The number of benzene rings is 2. The van der Waals surface area contributed by atoms with Crippen LogP contribution in [0.15, 0.2) is 77.6 Å². The van der Waals surface area contributed by atoms with Gasteiger partial charge in [-0.2, -0.15) is 18.2 Å². The van der Waals surface area contributed by atoms with E-state index >= 15 is 0 Å². The summed E-state index contributed by atoms with van der Waals surface area (Å²) < 4.78 is 42.8. The van der Waals surface area contributed by atoms with Crippen molar-refractivity contribution in [2.45, 2.75) is 24.4 Å². The number of aromatic nitrogens is 3. The van der Waals surface area contributed by atoms with Gasteiger partial charge in [-0.3, -0.25) is 9.78 Å². The normalized spacial score (nSPS) is 15.8. The molecule has 10 heteroatoms. The van der Waals surface area contributed by atoms with Crippen LogP contribution in [0, 0.1) is 0 Å². The zero-order valence-electron chi connectivity index (χ0n) is 20.7. The Kier molecular flexibility index (Phi) is 6.98. The molecule has 7 nitrogen and oxygen atoms in total. The first kappa shape index (κ1) is 25.6. The van der Waals surface area contributed by atoms with Gasteiger partial charge >= 0.3 is 12.1 Å². The van der Waals surface area contributed by atoms with Crippen molar-refractivity contribution in [1.82, 2.24) is 25.3 Å². The molecule has 3 heterocycles. The van der Waals surface area contributed by atoms with E-state index < -0.39 is 12.1 Å². The van der Waals surface area contributed by atoms with Crippen LogP contribution in [0.4, 0.5) is 13.2 Å². The number of likely N-dealkylation sites (tertiary alicyclic amines) is 1. The summed E-state index contributed by atoms with van der Waals surface area (Å²) in [6, 6.07) is 20.0. The largest absolute Gasteiger partial charge is 0.471 e. The highest BCUT2D eigenvalue weighted by atomic mass is 19.4. The second kappa shape index (κ2) is 10.4. The van der Waals surface area contributed by atoms with Crippen LogP contribution < -0.4 is 5.32 Å². The number of halogens is 3. The smallest absolute Gasteiger partial charge is 0.351 e. The minimum absolute atomic E-state index is 0.154. The Hall–Kier alpha value is -4.05. The molecule has 0 aliphatic carbocycles. The Balaban J connectivity index is 1.37. The average Bonchev–Trinajstić information content (AvgIpc) is 3.45. The Bertz CT molecular complexity index is 1410. The number of carbonyl (C=O) groups is 1. The van der Waals surface area contributed by atoms with Crippen molar-refractivity contribution in [2.75, 3.05) is 26.7 Å². The van der Waals surface area contributed by atoms with E-state index in [9.17, 15) is 18.0 Å². The summed E-state index contributed by atoms with van der Waals surface area (Å²) in [6.45, 7) is 2.19. The zero-order valence-corrected chi connectivity index (χ0v) is 20.7. The van der Waals surface area contributed by atoms with Crippen LogP contribution in [-0.2, 0) is 11.6 Å². The molecule has 4 aromatic rings. The summed E-state index contributed by atoms with van der Waals surface area (Å²) in [7, 11) is 2.09. The van der Waals surface area contributed by atoms with Gasteiger partial charge < -0.3 is 14.7 Å². The average molecular weight is 522 g/mol. The molecule has 196 valence electrons. The third-order valence-corrected chi connectivity index (χ3v) is 7.04. The number of rotatable bonds is 6.